The van der Waals surface area contributed by atoms with Gasteiger partial charge in [0, 0.05) is 0 Å². The molecule has 0 aromatic heterocycles. The zero-order valence-electron chi connectivity index (χ0n) is 10.1. The Hall–Kier alpha value is -1.26. The second-order valence-electron chi connectivity index (χ2n) is 4.09. The molecule has 0 aliphatic carbocycles. The molecule has 0 saturated heterocycles. The molecule has 1 atom stereocenters. The lowest BCUT2D eigenvalue weighted by molar-refractivity contribution is 0.171. The van der Waals surface area contributed by atoms with Crippen molar-refractivity contribution in [1.82, 2.24) is 0 Å². The van der Waals surface area contributed by atoms with E-state index in [0.717, 1.165) is 11.4 Å². The van der Waals surface area contributed by atoms with Gasteiger partial charge in [0.25, 0.3) is 0 Å². The molecule has 2 rings (SSSR count). The van der Waals surface area contributed by atoms with Crippen LogP contribution >= 0.6 is 0 Å². The lowest BCUT2D eigenvalue weighted by atomic mass is 10.3. The van der Waals surface area contributed by atoms with E-state index in [2.05, 4.69) is 0 Å². The van der Waals surface area contributed by atoms with Crippen LogP contribution in [0.3, 0.4) is 0 Å². The first-order valence-corrected chi connectivity index (χ1v) is 5.44. The first-order valence-electron chi connectivity index (χ1n) is 5.44. The third-order valence-corrected chi connectivity index (χ3v) is 1.98. The minimum atomic E-state index is -0.492. The summed E-state index contributed by atoms with van der Waals surface area (Å²) in [7, 11) is 0. The van der Waals surface area contributed by atoms with Crippen LogP contribution in [0.2, 0.25) is 0 Å². The van der Waals surface area contributed by atoms with Crippen LogP contribution in [-0.4, -0.2) is 24.1 Å². The lowest BCUT2D eigenvalue weighted by Gasteiger charge is -2.19. The van der Waals surface area contributed by atoms with Gasteiger partial charge in [-0.1, -0.05) is 26.0 Å². The molecule has 16 heavy (non-hydrogen) atoms. The van der Waals surface area contributed by atoms with Crippen LogP contribution in [0.5, 0.6) is 5.75 Å². The molecular formula is C12H20N2O2. The Kier molecular flexibility index (Phi) is 4.58. The molecule has 1 aromatic carbocycles. The second-order valence-corrected chi connectivity index (χ2v) is 4.09. The van der Waals surface area contributed by atoms with E-state index in [-0.39, 0.29) is 0 Å². The summed E-state index contributed by atoms with van der Waals surface area (Å²) in [6, 6.07) is 8.03. The number of nitrogens with two attached hydrogens (primary N) is 1. The van der Waals surface area contributed by atoms with Crippen LogP contribution in [0.1, 0.15) is 20.8 Å². The standard InChI is InChI=1S/C9H11NO2.C3H9N/c1-7(11)10-6-12-9-5-3-2-4-8(9)10;1-3(2)4/h2-5,7,11H,6H2,1H3;3H,4H2,1-2H3. The van der Waals surface area contributed by atoms with E-state index < -0.39 is 6.23 Å². The van der Waals surface area contributed by atoms with Gasteiger partial charge in [0.05, 0.1) is 5.69 Å². The van der Waals surface area contributed by atoms with Gasteiger partial charge in [-0.15, -0.1) is 0 Å². The molecule has 0 fully saturated rings. The fourth-order valence-electron chi connectivity index (χ4n) is 1.33. The minimum absolute atomic E-state index is 0.333. The fourth-order valence-corrected chi connectivity index (χ4v) is 1.33. The smallest absolute Gasteiger partial charge is 0.163 e. The SMILES string of the molecule is CC(C)N.CC(O)N1COc2ccccc21. The highest BCUT2D eigenvalue weighted by atomic mass is 16.5. The van der Waals surface area contributed by atoms with Crippen molar-refractivity contribution in [3.63, 3.8) is 0 Å². The number of fused-ring (bicyclic) bond motifs is 1. The summed E-state index contributed by atoms with van der Waals surface area (Å²) in [6.07, 6.45) is -0.492. The van der Waals surface area contributed by atoms with Crippen molar-refractivity contribution in [2.75, 3.05) is 11.6 Å². The third-order valence-electron chi connectivity index (χ3n) is 1.98. The van der Waals surface area contributed by atoms with E-state index in [9.17, 15) is 5.11 Å². The van der Waals surface area contributed by atoms with E-state index >= 15 is 0 Å². The van der Waals surface area contributed by atoms with Crippen LogP contribution in [0.25, 0.3) is 0 Å². The van der Waals surface area contributed by atoms with E-state index in [1.54, 1.807) is 11.8 Å². The first kappa shape index (κ1) is 12.8. The van der Waals surface area contributed by atoms with Crippen LogP contribution < -0.4 is 15.4 Å². The fraction of sp³-hybridized carbons (Fsp3) is 0.500. The predicted octanol–water partition coefficient (Wildman–Crippen LogP) is 1.53. The minimum Gasteiger partial charge on any atom is -0.471 e. The summed E-state index contributed by atoms with van der Waals surface area (Å²) < 4.78 is 5.34. The number of benzene rings is 1. The highest BCUT2D eigenvalue weighted by Crippen LogP contribution is 2.33. The zero-order valence-corrected chi connectivity index (χ0v) is 10.1. The Morgan fingerprint density at radius 1 is 1.31 bits per heavy atom. The highest BCUT2D eigenvalue weighted by molar-refractivity contribution is 5.61. The predicted molar refractivity (Wildman–Crippen MR) is 65.4 cm³/mol. The summed E-state index contributed by atoms with van der Waals surface area (Å²) in [5.41, 5.74) is 6.08. The molecule has 0 amide bonds. The van der Waals surface area contributed by atoms with Crippen molar-refractivity contribution in [2.24, 2.45) is 5.73 Å². The van der Waals surface area contributed by atoms with Gasteiger partial charge in [-0.3, -0.25) is 0 Å². The summed E-state index contributed by atoms with van der Waals surface area (Å²) in [5.74, 6) is 0.846. The van der Waals surface area contributed by atoms with E-state index in [1.165, 1.54) is 0 Å². The van der Waals surface area contributed by atoms with Gasteiger partial charge in [0.15, 0.2) is 6.73 Å². The number of hydrogen-bond donors (Lipinski definition) is 2. The molecule has 3 N–H and O–H groups in total. The number of hydrogen-bond acceptors (Lipinski definition) is 4. The Balaban J connectivity index is 0.000000280. The molecule has 1 unspecified atom stereocenters. The molecule has 0 spiro atoms. The van der Waals surface area contributed by atoms with Crippen molar-refractivity contribution < 1.29 is 9.84 Å². The van der Waals surface area contributed by atoms with E-state index in [0.29, 0.717) is 12.8 Å². The van der Waals surface area contributed by atoms with E-state index in [4.69, 9.17) is 10.5 Å². The first-order chi connectivity index (χ1) is 7.52. The number of aliphatic hydroxyl groups excluding tert-OH is 1. The molecule has 1 aliphatic rings. The highest BCUT2D eigenvalue weighted by Gasteiger charge is 2.22. The third kappa shape index (κ3) is 3.40. The number of ether oxygens (including phenoxy) is 1. The Morgan fingerprint density at radius 2 is 1.88 bits per heavy atom. The molecule has 90 valence electrons. The largest absolute Gasteiger partial charge is 0.471 e. The maximum Gasteiger partial charge on any atom is 0.163 e. The van der Waals surface area contributed by atoms with Gasteiger partial charge in [0.2, 0.25) is 0 Å². The Bertz CT molecular complexity index is 324. The van der Waals surface area contributed by atoms with E-state index in [1.807, 2.05) is 38.1 Å². The van der Waals surface area contributed by atoms with Gasteiger partial charge in [0.1, 0.15) is 12.0 Å². The number of nitrogens with zero attached hydrogens (tertiary/aromatic N) is 1. The van der Waals surface area contributed by atoms with Crippen LogP contribution in [0.4, 0.5) is 5.69 Å². The van der Waals surface area contributed by atoms with Crippen molar-refractivity contribution in [3.8, 4) is 5.75 Å². The Morgan fingerprint density at radius 3 is 2.44 bits per heavy atom. The molecule has 4 nitrogen and oxygen atoms in total. The van der Waals surface area contributed by atoms with Crippen molar-refractivity contribution in [2.45, 2.75) is 33.0 Å². The number of rotatable bonds is 1. The average molecular weight is 224 g/mol. The molecule has 0 bridgehead atoms. The second kappa shape index (κ2) is 5.72. The van der Waals surface area contributed by atoms with Crippen molar-refractivity contribution in [1.29, 1.82) is 0 Å². The van der Waals surface area contributed by atoms with Gasteiger partial charge < -0.3 is 20.5 Å². The van der Waals surface area contributed by atoms with Crippen molar-refractivity contribution >= 4 is 5.69 Å². The van der Waals surface area contributed by atoms with Crippen LogP contribution in [-0.2, 0) is 0 Å². The monoisotopic (exact) mass is 224 g/mol. The molecule has 4 heteroatoms. The zero-order chi connectivity index (χ0) is 12.1. The molecule has 1 aromatic rings. The quantitative estimate of drug-likeness (QED) is 0.759. The molecule has 1 aliphatic heterocycles. The van der Waals surface area contributed by atoms with Gasteiger partial charge >= 0.3 is 0 Å². The number of anilines is 1. The normalized spacial score (nSPS) is 15.0. The number of para-hydroxylation sites is 2. The maximum absolute atomic E-state index is 9.34. The summed E-state index contributed by atoms with van der Waals surface area (Å²) in [4.78, 5) is 1.80. The summed E-state index contributed by atoms with van der Waals surface area (Å²) >= 11 is 0. The summed E-state index contributed by atoms with van der Waals surface area (Å²) in [5, 5.41) is 9.34. The topological polar surface area (TPSA) is 58.7 Å². The van der Waals surface area contributed by atoms with Gasteiger partial charge in [-0.05, 0) is 25.1 Å². The van der Waals surface area contributed by atoms with Crippen LogP contribution in [0, 0.1) is 0 Å². The average Bonchev–Trinajstić information content (AvgIpc) is 2.59. The maximum atomic E-state index is 9.34. The molecule has 0 saturated carbocycles. The molecule has 0 radical (unpaired) electrons. The molecular weight excluding hydrogens is 204 g/mol. The van der Waals surface area contributed by atoms with Gasteiger partial charge in [-0.2, -0.15) is 0 Å². The molecule has 1 heterocycles. The van der Waals surface area contributed by atoms with Crippen LogP contribution in [0.15, 0.2) is 24.3 Å². The Labute approximate surface area is 96.6 Å². The number of aliphatic hydroxyl groups is 1. The lowest BCUT2D eigenvalue weighted by Crippen LogP contribution is -2.31. The van der Waals surface area contributed by atoms with Gasteiger partial charge in [-0.25, -0.2) is 0 Å². The van der Waals surface area contributed by atoms with Crippen molar-refractivity contribution in [3.05, 3.63) is 24.3 Å². The summed E-state index contributed by atoms with van der Waals surface area (Å²) in [6.45, 7) is 6.06.